The molecule has 0 unspecified atom stereocenters. The Bertz CT molecular complexity index is 1030. The Morgan fingerprint density at radius 2 is 1.52 bits per heavy atom. The Hall–Kier alpha value is -2.21. The fraction of sp³-hybridized carbons (Fsp3) is 0.444. The minimum absolute atomic E-state index is 0.0267. The van der Waals surface area contributed by atoms with E-state index in [0.29, 0.717) is 0 Å². The van der Waals surface area contributed by atoms with Crippen molar-refractivity contribution in [1.82, 2.24) is 14.1 Å². The molecule has 0 spiro atoms. The van der Waals surface area contributed by atoms with Crippen molar-refractivity contribution in [2.45, 2.75) is 13.0 Å². The van der Waals surface area contributed by atoms with Gasteiger partial charge in [-0.25, -0.2) is 13.2 Å². The van der Waals surface area contributed by atoms with E-state index >= 15 is 0 Å². The second-order valence-corrected chi connectivity index (χ2v) is 9.92. The molecule has 0 radical (unpaired) electrons. The van der Waals surface area contributed by atoms with Crippen molar-refractivity contribution in [3.8, 4) is 0 Å². The molecule has 1 fully saturated rings. The van der Waals surface area contributed by atoms with E-state index in [0.717, 1.165) is 11.2 Å². The minimum Gasteiger partial charge on any atom is -0.454 e. The Morgan fingerprint density at radius 3 is 1.97 bits per heavy atom. The van der Waals surface area contributed by atoms with Crippen LogP contribution in [0.25, 0.3) is 0 Å². The molecule has 2 aliphatic rings. The lowest BCUT2D eigenvalue weighted by Crippen LogP contribution is -2.51. The predicted octanol–water partition coefficient (Wildman–Crippen LogP) is 0.625. The van der Waals surface area contributed by atoms with Gasteiger partial charge in [-0.05, 0) is 19.1 Å². The van der Waals surface area contributed by atoms with Crippen molar-refractivity contribution in [2.24, 2.45) is 0 Å². The average Bonchev–Trinajstić information content (AvgIpc) is 2.95. The third kappa shape index (κ3) is 4.69. The third-order valence-electron chi connectivity index (χ3n) is 5.09. The van der Waals surface area contributed by atoms with Gasteiger partial charge in [-0.1, -0.05) is 23.2 Å². The fourth-order valence-electron chi connectivity index (χ4n) is 3.32. The number of benzene rings is 1. The molecule has 10 nitrogen and oxygen atoms in total. The molecule has 3 amide bonds. The quantitative estimate of drug-likeness (QED) is 0.437. The van der Waals surface area contributed by atoms with Crippen LogP contribution in [-0.4, -0.2) is 91.3 Å². The molecule has 0 aromatic heterocycles. The number of halogens is 2. The topological polar surface area (TPSA) is 121 Å². The summed E-state index contributed by atoms with van der Waals surface area (Å²) in [5.41, 5.74) is 0.0535. The van der Waals surface area contributed by atoms with Gasteiger partial charge in [-0.2, -0.15) is 4.31 Å². The zero-order valence-electron chi connectivity index (χ0n) is 16.6. The fourth-order valence-corrected chi connectivity index (χ4v) is 4.48. The molecule has 1 aromatic carbocycles. The zero-order valence-corrected chi connectivity index (χ0v) is 19.0. The summed E-state index contributed by atoms with van der Waals surface area (Å²) in [5, 5.41) is 0.195. The molecule has 0 saturated carbocycles. The van der Waals surface area contributed by atoms with Crippen molar-refractivity contribution in [2.75, 3.05) is 39.0 Å². The number of ether oxygens (including phenoxy) is 1. The van der Waals surface area contributed by atoms with Crippen LogP contribution < -0.4 is 0 Å². The maximum Gasteiger partial charge on any atom is 0.329 e. The number of fused-ring (bicyclic) bond motifs is 1. The zero-order chi connectivity index (χ0) is 23.1. The molecule has 3 rings (SSSR count). The maximum absolute atomic E-state index is 12.6. The number of sulfonamides is 1. The van der Waals surface area contributed by atoms with Crippen molar-refractivity contribution >= 4 is 56.9 Å². The molecule has 168 valence electrons. The van der Waals surface area contributed by atoms with Crippen LogP contribution in [0.5, 0.6) is 0 Å². The summed E-state index contributed by atoms with van der Waals surface area (Å²) in [4.78, 5) is 52.0. The Labute approximate surface area is 188 Å². The van der Waals surface area contributed by atoms with E-state index in [1.807, 2.05) is 0 Å². The van der Waals surface area contributed by atoms with E-state index in [2.05, 4.69) is 0 Å². The summed E-state index contributed by atoms with van der Waals surface area (Å²) in [6, 6.07) is 1.24. The lowest BCUT2D eigenvalue weighted by atomic mass is 10.1. The van der Waals surface area contributed by atoms with Gasteiger partial charge in [0, 0.05) is 26.2 Å². The standard InChI is InChI=1S/C18H19Cl2N3O7S/c1-10(23-16(25)11-7-13(19)14(20)8-12(11)17(23)26)18(27)30-9-15(24)21-3-5-22(6-4-21)31(2,28)29/h7-8,10H,3-6,9H2,1-2H3/t10-/m0/s1. The van der Waals surface area contributed by atoms with E-state index in [9.17, 15) is 27.6 Å². The summed E-state index contributed by atoms with van der Waals surface area (Å²) in [5.74, 6) is -2.87. The van der Waals surface area contributed by atoms with E-state index < -0.39 is 46.4 Å². The van der Waals surface area contributed by atoms with Gasteiger partial charge in [0.05, 0.1) is 27.4 Å². The smallest absolute Gasteiger partial charge is 0.329 e. The summed E-state index contributed by atoms with van der Waals surface area (Å²) in [6.07, 6.45) is 1.09. The Morgan fingerprint density at radius 1 is 1.03 bits per heavy atom. The molecule has 1 atom stereocenters. The number of amides is 3. The van der Waals surface area contributed by atoms with Gasteiger partial charge < -0.3 is 9.64 Å². The number of hydrogen-bond donors (Lipinski definition) is 0. The van der Waals surface area contributed by atoms with Crippen LogP contribution in [0.1, 0.15) is 27.6 Å². The number of piperazine rings is 1. The summed E-state index contributed by atoms with van der Waals surface area (Å²) in [7, 11) is -3.34. The second kappa shape index (κ2) is 8.73. The van der Waals surface area contributed by atoms with Crippen LogP contribution in [0.4, 0.5) is 0 Å². The third-order valence-corrected chi connectivity index (χ3v) is 7.11. The number of hydrogen-bond acceptors (Lipinski definition) is 7. The molecule has 2 heterocycles. The number of carbonyl (C=O) groups is 4. The predicted molar refractivity (Wildman–Crippen MR) is 110 cm³/mol. The molecular weight excluding hydrogens is 473 g/mol. The SMILES string of the molecule is C[C@@H](C(=O)OCC(=O)N1CCN(S(C)(=O)=O)CC1)N1C(=O)c2cc(Cl)c(Cl)cc2C1=O. The first kappa shape index (κ1) is 23.5. The van der Waals surface area contributed by atoms with E-state index in [-0.39, 0.29) is 47.4 Å². The molecule has 0 aliphatic carbocycles. The highest BCUT2D eigenvalue weighted by atomic mass is 35.5. The van der Waals surface area contributed by atoms with Crippen LogP contribution in [0.15, 0.2) is 12.1 Å². The van der Waals surface area contributed by atoms with E-state index in [1.165, 1.54) is 28.3 Å². The summed E-state index contributed by atoms with van der Waals surface area (Å²) >= 11 is 11.8. The van der Waals surface area contributed by atoms with Crippen LogP contribution in [-0.2, 0) is 24.3 Å². The van der Waals surface area contributed by atoms with E-state index in [4.69, 9.17) is 27.9 Å². The first-order chi connectivity index (χ1) is 14.4. The van der Waals surface area contributed by atoms with Gasteiger partial charge in [-0.3, -0.25) is 19.3 Å². The minimum atomic E-state index is -3.34. The van der Waals surface area contributed by atoms with Gasteiger partial charge in [0.1, 0.15) is 6.04 Å². The lowest BCUT2D eigenvalue weighted by molar-refractivity contribution is -0.155. The number of carbonyl (C=O) groups excluding carboxylic acids is 4. The number of esters is 1. The van der Waals surface area contributed by atoms with Crippen LogP contribution in [0.3, 0.4) is 0 Å². The lowest BCUT2D eigenvalue weighted by Gasteiger charge is -2.33. The largest absolute Gasteiger partial charge is 0.454 e. The van der Waals surface area contributed by atoms with Crippen molar-refractivity contribution in [1.29, 1.82) is 0 Å². The highest BCUT2D eigenvalue weighted by Crippen LogP contribution is 2.32. The van der Waals surface area contributed by atoms with Crippen LogP contribution >= 0.6 is 23.2 Å². The van der Waals surface area contributed by atoms with Crippen LogP contribution in [0.2, 0.25) is 10.0 Å². The molecule has 31 heavy (non-hydrogen) atoms. The molecule has 13 heteroatoms. The molecule has 2 aliphatic heterocycles. The molecule has 1 saturated heterocycles. The van der Waals surface area contributed by atoms with Crippen molar-refractivity contribution < 1.29 is 32.3 Å². The van der Waals surface area contributed by atoms with Gasteiger partial charge in [0.2, 0.25) is 10.0 Å². The monoisotopic (exact) mass is 491 g/mol. The van der Waals surface area contributed by atoms with Crippen LogP contribution in [0, 0.1) is 0 Å². The highest BCUT2D eigenvalue weighted by molar-refractivity contribution is 7.88. The summed E-state index contributed by atoms with van der Waals surface area (Å²) in [6.45, 7) is 1.34. The molecule has 0 N–H and O–H groups in total. The maximum atomic E-state index is 12.6. The van der Waals surface area contributed by atoms with Gasteiger partial charge in [0.25, 0.3) is 17.7 Å². The van der Waals surface area contributed by atoms with E-state index in [1.54, 1.807) is 0 Å². The number of imide groups is 1. The molecule has 0 bridgehead atoms. The van der Waals surface area contributed by atoms with Gasteiger partial charge in [0.15, 0.2) is 6.61 Å². The summed E-state index contributed by atoms with van der Waals surface area (Å²) < 4.78 is 29.3. The van der Waals surface area contributed by atoms with Crippen molar-refractivity contribution in [3.63, 3.8) is 0 Å². The first-order valence-corrected chi connectivity index (χ1v) is 11.8. The van der Waals surface area contributed by atoms with Crippen molar-refractivity contribution in [3.05, 3.63) is 33.3 Å². The van der Waals surface area contributed by atoms with Gasteiger partial charge >= 0.3 is 5.97 Å². The highest BCUT2D eigenvalue weighted by Gasteiger charge is 2.42. The molecule has 1 aromatic rings. The second-order valence-electron chi connectivity index (χ2n) is 7.12. The number of rotatable bonds is 5. The van der Waals surface area contributed by atoms with Gasteiger partial charge in [-0.15, -0.1) is 0 Å². The normalized spacial score (nSPS) is 18.2. The Kier molecular flexibility index (Phi) is 6.61. The Balaban J connectivity index is 1.58. The first-order valence-electron chi connectivity index (χ1n) is 9.18. The number of nitrogens with zero attached hydrogens (tertiary/aromatic N) is 3. The average molecular weight is 492 g/mol. The molecular formula is C18H19Cl2N3O7S.